The van der Waals surface area contributed by atoms with Crippen molar-refractivity contribution >= 4 is 5.69 Å². The van der Waals surface area contributed by atoms with E-state index in [1.807, 2.05) is 13.1 Å². The van der Waals surface area contributed by atoms with E-state index < -0.39 is 0 Å². The molecule has 1 aliphatic rings. The molecule has 0 amide bonds. The number of hydrogen-bond acceptors (Lipinski definition) is 5. The summed E-state index contributed by atoms with van der Waals surface area (Å²) in [7, 11) is 1.87. The van der Waals surface area contributed by atoms with E-state index in [1.54, 1.807) is 11.0 Å². The lowest BCUT2D eigenvalue weighted by Crippen LogP contribution is -2.43. The van der Waals surface area contributed by atoms with Gasteiger partial charge in [0.05, 0.1) is 5.69 Å². The van der Waals surface area contributed by atoms with Crippen molar-refractivity contribution in [2.24, 2.45) is 7.05 Å². The summed E-state index contributed by atoms with van der Waals surface area (Å²) in [6.07, 6.45) is 1.55. The zero-order valence-corrected chi connectivity index (χ0v) is 12.5. The molecule has 0 radical (unpaired) electrons. The Balaban J connectivity index is 1.79. The van der Waals surface area contributed by atoms with Crippen molar-refractivity contribution in [2.75, 3.05) is 31.1 Å². The second kappa shape index (κ2) is 6.13. The van der Waals surface area contributed by atoms with Gasteiger partial charge in [-0.05, 0) is 24.6 Å². The summed E-state index contributed by atoms with van der Waals surface area (Å²) < 4.78 is 7.72. The van der Waals surface area contributed by atoms with E-state index in [0.29, 0.717) is 6.61 Å². The molecule has 21 heavy (non-hydrogen) atoms. The van der Waals surface area contributed by atoms with E-state index in [2.05, 4.69) is 39.4 Å². The van der Waals surface area contributed by atoms with Crippen LogP contribution >= 0.6 is 0 Å². The number of nitrogens with one attached hydrogen (secondary N) is 1. The van der Waals surface area contributed by atoms with Crippen LogP contribution in [0.3, 0.4) is 0 Å². The number of rotatable bonds is 4. The molecule has 112 valence electrons. The molecule has 1 aromatic heterocycles. The van der Waals surface area contributed by atoms with Crippen molar-refractivity contribution in [3.05, 3.63) is 35.9 Å². The molecule has 0 unspecified atom stereocenters. The van der Waals surface area contributed by atoms with Crippen molar-refractivity contribution < 1.29 is 4.74 Å². The van der Waals surface area contributed by atoms with Crippen LogP contribution in [0.2, 0.25) is 0 Å². The van der Waals surface area contributed by atoms with Gasteiger partial charge in [-0.1, -0.05) is 6.07 Å². The van der Waals surface area contributed by atoms with Crippen molar-refractivity contribution in [3.8, 4) is 5.75 Å². The molecule has 3 rings (SSSR count). The van der Waals surface area contributed by atoms with Crippen molar-refractivity contribution in [3.63, 3.8) is 0 Å². The molecule has 0 spiro atoms. The van der Waals surface area contributed by atoms with E-state index in [0.717, 1.165) is 37.8 Å². The van der Waals surface area contributed by atoms with Crippen LogP contribution in [-0.2, 0) is 13.7 Å². The summed E-state index contributed by atoms with van der Waals surface area (Å²) in [5, 5.41) is 7.44. The molecule has 2 heterocycles. The highest BCUT2D eigenvalue weighted by molar-refractivity contribution is 5.60. The van der Waals surface area contributed by atoms with Gasteiger partial charge in [-0.15, -0.1) is 0 Å². The first-order valence-corrected chi connectivity index (χ1v) is 7.26. The van der Waals surface area contributed by atoms with Crippen LogP contribution in [0.25, 0.3) is 0 Å². The molecule has 6 nitrogen and oxygen atoms in total. The van der Waals surface area contributed by atoms with E-state index in [9.17, 15) is 0 Å². The zero-order valence-electron chi connectivity index (χ0n) is 12.5. The first-order chi connectivity index (χ1) is 10.2. The smallest absolute Gasteiger partial charge is 0.164 e. The van der Waals surface area contributed by atoms with Gasteiger partial charge in [0.1, 0.15) is 18.7 Å². The lowest BCUT2D eigenvalue weighted by atomic mass is 10.1. The van der Waals surface area contributed by atoms with Gasteiger partial charge < -0.3 is 15.0 Å². The molecule has 2 aromatic rings. The highest BCUT2D eigenvalue weighted by atomic mass is 16.5. The third-order valence-electron chi connectivity index (χ3n) is 3.73. The minimum atomic E-state index is 0.429. The molecular formula is C15H21N5O. The summed E-state index contributed by atoms with van der Waals surface area (Å²) in [4.78, 5) is 6.56. The van der Waals surface area contributed by atoms with Gasteiger partial charge in [0, 0.05) is 33.2 Å². The Bertz CT molecular complexity index is 604. The van der Waals surface area contributed by atoms with Crippen LogP contribution in [0.4, 0.5) is 5.69 Å². The van der Waals surface area contributed by atoms with Gasteiger partial charge in [-0.3, -0.25) is 4.68 Å². The number of hydrogen-bond donors (Lipinski definition) is 1. The quantitative estimate of drug-likeness (QED) is 0.913. The summed E-state index contributed by atoms with van der Waals surface area (Å²) in [6.45, 7) is 6.57. The highest BCUT2D eigenvalue weighted by Crippen LogP contribution is 2.30. The molecule has 1 fully saturated rings. The van der Waals surface area contributed by atoms with Gasteiger partial charge >= 0.3 is 0 Å². The lowest BCUT2D eigenvalue weighted by molar-refractivity contribution is 0.289. The number of ether oxygens (including phenoxy) is 1. The standard InChI is InChI=1S/C15H21N5O/c1-12-3-4-14(21-10-15-17-11-18-19(15)2)13(9-12)20-7-5-16-6-8-20/h3-4,9,11,16H,5-8,10H2,1-2H3. The third kappa shape index (κ3) is 3.16. The maximum absolute atomic E-state index is 5.99. The number of nitrogens with zero attached hydrogens (tertiary/aromatic N) is 4. The van der Waals surface area contributed by atoms with Crippen molar-refractivity contribution in [1.82, 2.24) is 20.1 Å². The second-order valence-electron chi connectivity index (χ2n) is 5.30. The van der Waals surface area contributed by atoms with Gasteiger partial charge in [0.2, 0.25) is 0 Å². The first kappa shape index (κ1) is 13.9. The molecule has 0 saturated carbocycles. The maximum atomic E-state index is 5.99. The van der Waals surface area contributed by atoms with Crippen LogP contribution in [0, 0.1) is 6.92 Å². The van der Waals surface area contributed by atoms with Gasteiger partial charge in [-0.2, -0.15) is 5.10 Å². The number of aromatic nitrogens is 3. The Morgan fingerprint density at radius 1 is 1.29 bits per heavy atom. The zero-order chi connectivity index (χ0) is 14.7. The minimum Gasteiger partial charge on any atom is -0.483 e. The molecule has 1 aliphatic heterocycles. The fourth-order valence-corrected chi connectivity index (χ4v) is 2.50. The van der Waals surface area contributed by atoms with E-state index in [1.165, 1.54) is 11.3 Å². The SMILES string of the molecule is Cc1ccc(OCc2ncnn2C)c(N2CCNCC2)c1. The molecule has 1 saturated heterocycles. The van der Waals surface area contributed by atoms with Gasteiger partial charge in [0.15, 0.2) is 5.82 Å². The monoisotopic (exact) mass is 287 g/mol. The average Bonchev–Trinajstić information content (AvgIpc) is 2.92. The van der Waals surface area contributed by atoms with Gasteiger partial charge in [0.25, 0.3) is 0 Å². The first-order valence-electron chi connectivity index (χ1n) is 7.26. The summed E-state index contributed by atoms with van der Waals surface area (Å²) in [6, 6.07) is 6.32. The Morgan fingerprint density at radius 3 is 2.81 bits per heavy atom. The van der Waals surface area contributed by atoms with E-state index in [-0.39, 0.29) is 0 Å². The summed E-state index contributed by atoms with van der Waals surface area (Å²) in [5.74, 6) is 1.73. The average molecular weight is 287 g/mol. The Labute approximate surface area is 124 Å². The lowest BCUT2D eigenvalue weighted by Gasteiger charge is -2.31. The predicted octanol–water partition coefficient (Wildman–Crippen LogP) is 1.11. The fourth-order valence-electron chi connectivity index (χ4n) is 2.50. The molecule has 1 N–H and O–H groups in total. The van der Waals surface area contributed by atoms with Crippen LogP contribution in [0.5, 0.6) is 5.75 Å². The summed E-state index contributed by atoms with van der Waals surface area (Å²) in [5.41, 5.74) is 2.41. The topological polar surface area (TPSA) is 55.2 Å². The molecule has 0 aliphatic carbocycles. The molecule has 0 atom stereocenters. The van der Waals surface area contributed by atoms with Crippen LogP contribution in [0.15, 0.2) is 24.5 Å². The van der Waals surface area contributed by atoms with Crippen LogP contribution in [-0.4, -0.2) is 40.9 Å². The third-order valence-corrected chi connectivity index (χ3v) is 3.73. The van der Waals surface area contributed by atoms with Crippen LogP contribution in [0.1, 0.15) is 11.4 Å². The maximum Gasteiger partial charge on any atom is 0.164 e. The van der Waals surface area contributed by atoms with E-state index in [4.69, 9.17) is 4.74 Å². The highest BCUT2D eigenvalue weighted by Gasteiger charge is 2.15. The van der Waals surface area contributed by atoms with Crippen molar-refractivity contribution in [1.29, 1.82) is 0 Å². The number of piperazine rings is 1. The number of benzene rings is 1. The second-order valence-corrected chi connectivity index (χ2v) is 5.30. The fraction of sp³-hybridized carbons (Fsp3) is 0.467. The Morgan fingerprint density at radius 2 is 2.10 bits per heavy atom. The van der Waals surface area contributed by atoms with Crippen molar-refractivity contribution in [2.45, 2.75) is 13.5 Å². The normalized spacial score (nSPS) is 15.2. The van der Waals surface area contributed by atoms with Crippen LogP contribution < -0.4 is 15.0 Å². The van der Waals surface area contributed by atoms with Gasteiger partial charge in [-0.25, -0.2) is 4.98 Å². The number of anilines is 1. The predicted molar refractivity (Wildman–Crippen MR) is 81.6 cm³/mol. The molecular weight excluding hydrogens is 266 g/mol. The molecule has 0 bridgehead atoms. The number of aryl methyl sites for hydroxylation is 2. The Kier molecular flexibility index (Phi) is 4.06. The Hall–Kier alpha value is -2.08. The van der Waals surface area contributed by atoms with E-state index >= 15 is 0 Å². The largest absolute Gasteiger partial charge is 0.483 e. The molecule has 1 aromatic carbocycles. The minimum absolute atomic E-state index is 0.429. The molecule has 6 heteroatoms. The summed E-state index contributed by atoms with van der Waals surface area (Å²) >= 11 is 0.